The molecule has 11 heteroatoms. The Balaban J connectivity index is 1.49. The van der Waals surface area contributed by atoms with Crippen molar-refractivity contribution < 1.29 is 9.21 Å². The van der Waals surface area contributed by atoms with E-state index < -0.39 is 0 Å². The van der Waals surface area contributed by atoms with Gasteiger partial charge in [0, 0.05) is 29.7 Å². The van der Waals surface area contributed by atoms with Gasteiger partial charge in [0.1, 0.15) is 18.7 Å². The zero-order chi connectivity index (χ0) is 21.9. The van der Waals surface area contributed by atoms with Crippen molar-refractivity contribution >= 4 is 23.3 Å². The van der Waals surface area contributed by atoms with Gasteiger partial charge in [-0.15, -0.1) is 10.2 Å². The van der Waals surface area contributed by atoms with E-state index in [9.17, 15) is 4.79 Å². The van der Waals surface area contributed by atoms with Crippen LogP contribution in [0.15, 0.2) is 71.8 Å². The summed E-state index contributed by atoms with van der Waals surface area (Å²) in [6.07, 6.45) is 6.33. The van der Waals surface area contributed by atoms with Crippen LogP contribution in [0.4, 0.5) is 5.82 Å². The SMILES string of the molecule is O=C(Cn1cccn1)Nc1cc(-c2nc(-c3nnc[nH]3)c(-c3ccccc3Cl)o2)ccn1. The Morgan fingerprint density at radius 2 is 2.09 bits per heavy atom. The number of nitrogens with one attached hydrogen (secondary N) is 2. The van der Waals surface area contributed by atoms with Crippen LogP contribution in [0, 0.1) is 0 Å². The van der Waals surface area contributed by atoms with Gasteiger partial charge in [-0.2, -0.15) is 5.10 Å². The highest BCUT2D eigenvalue weighted by Gasteiger charge is 2.22. The Labute approximate surface area is 186 Å². The normalized spacial score (nSPS) is 10.9. The Kier molecular flexibility index (Phi) is 5.18. The Bertz CT molecular complexity index is 1360. The zero-order valence-electron chi connectivity index (χ0n) is 16.4. The molecule has 32 heavy (non-hydrogen) atoms. The number of rotatable bonds is 6. The first-order valence-electron chi connectivity index (χ1n) is 9.53. The van der Waals surface area contributed by atoms with Gasteiger partial charge in [-0.05, 0) is 30.3 Å². The van der Waals surface area contributed by atoms with Crippen LogP contribution < -0.4 is 5.32 Å². The largest absolute Gasteiger partial charge is 0.435 e. The summed E-state index contributed by atoms with van der Waals surface area (Å²) in [5.74, 6) is 1.31. The molecule has 4 aromatic heterocycles. The molecule has 2 N–H and O–H groups in total. The quantitative estimate of drug-likeness (QED) is 0.407. The first kappa shape index (κ1) is 19.6. The fourth-order valence-corrected chi connectivity index (χ4v) is 3.33. The second-order valence-electron chi connectivity index (χ2n) is 6.70. The van der Waals surface area contributed by atoms with E-state index in [1.54, 1.807) is 42.9 Å². The van der Waals surface area contributed by atoms with Crippen molar-refractivity contribution in [2.45, 2.75) is 6.54 Å². The number of nitrogens with zero attached hydrogens (tertiary/aromatic N) is 6. The number of carbonyl (C=O) groups is 1. The van der Waals surface area contributed by atoms with Crippen molar-refractivity contribution in [2.75, 3.05) is 5.32 Å². The lowest BCUT2D eigenvalue weighted by molar-refractivity contribution is -0.116. The summed E-state index contributed by atoms with van der Waals surface area (Å²) in [7, 11) is 0. The minimum absolute atomic E-state index is 0.0736. The van der Waals surface area contributed by atoms with Gasteiger partial charge < -0.3 is 14.7 Å². The van der Waals surface area contributed by atoms with Crippen LogP contribution in [-0.4, -0.2) is 40.8 Å². The number of pyridine rings is 1. The van der Waals surface area contributed by atoms with E-state index in [1.165, 1.54) is 11.0 Å². The summed E-state index contributed by atoms with van der Waals surface area (Å²) in [6, 6.07) is 12.4. The molecule has 158 valence electrons. The molecule has 0 bridgehead atoms. The van der Waals surface area contributed by atoms with Crippen molar-refractivity contribution in [1.82, 2.24) is 34.9 Å². The summed E-state index contributed by atoms with van der Waals surface area (Å²) >= 11 is 6.39. The minimum Gasteiger partial charge on any atom is -0.435 e. The molecule has 5 rings (SSSR count). The highest BCUT2D eigenvalue weighted by Crippen LogP contribution is 2.37. The standard InChI is InChI=1S/C21H15ClN8O2/c22-15-5-2-1-4-14(15)19-18(20-24-12-25-29-20)28-21(32-19)13-6-8-23-16(10-13)27-17(31)11-30-9-3-7-26-30/h1-10,12H,11H2,(H,23,27,31)(H,24,25,29). The number of anilines is 1. The van der Waals surface area contributed by atoms with Crippen LogP contribution in [0.2, 0.25) is 5.02 Å². The van der Waals surface area contributed by atoms with E-state index in [-0.39, 0.29) is 12.5 Å². The molecule has 0 aliphatic carbocycles. The van der Waals surface area contributed by atoms with Gasteiger partial charge in [-0.3, -0.25) is 9.48 Å². The first-order valence-corrected chi connectivity index (χ1v) is 9.91. The number of hydrogen-bond acceptors (Lipinski definition) is 7. The number of carbonyl (C=O) groups excluding carboxylic acids is 1. The predicted molar refractivity (Wildman–Crippen MR) is 116 cm³/mol. The molecule has 0 radical (unpaired) electrons. The molecule has 4 heterocycles. The average Bonchev–Trinajstić information content (AvgIpc) is 3.56. The maximum atomic E-state index is 12.3. The molecule has 0 saturated carbocycles. The average molecular weight is 447 g/mol. The third-order valence-electron chi connectivity index (χ3n) is 4.53. The number of amides is 1. The van der Waals surface area contributed by atoms with Crippen LogP contribution in [0.25, 0.3) is 34.3 Å². The third-order valence-corrected chi connectivity index (χ3v) is 4.86. The van der Waals surface area contributed by atoms with Gasteiger partial charge in [0.2, 0.25) is 11.8 Å². The fraction of sp³-hybridized carbons (Fsp3) is 0.0476. The predicted octanol–water partition coefficient (Wildman–Crippen LogP) is 3.68. The van der Waals surface area contributed by atoms with Gasteiger partial charge in [-0.25, -0.2) is 9.97 Å². The van der Waals surface area contributed by atoms with E-state index in [2.05, 4.69) is 35.6 Å². The van der Waals surface area contributed by atoms with E-state index in [4.69, 9.17) is 16.0 Å². The summed E-state index contributed by atoms with van der Waals surface area (Å²) in [4.78, 5) is 24.0. The number of aromatic amines is 1. The Hall–Kier alpha value is -4.31. The topological polar surface area (TPSA) is 127 Å². The van der Waals surface area contributed by atoms with Gasteiger partial charge >= 0.3 is 0 Å². The number of oxazole rings is 1. The van der Waals surface area contributed by atoms with Gasteiger partial charge in [0.15, 0.2) is 17.3 Å². The van der Waals surface area contributed by atoms with Gasteiger partial charge in [0.25, 0.3) is 0 Å². The first-order chi connectivity index (χ1) is 15.7. The van der Waals surface area contributed by atoms with Gasteiger partial charge in [-0.1, -0.05) is 23.7 Å². The number of benzene rings is 1. The number of H-pyrrole nitrogens is 1. The molecular formula is C21H15ClN8O2. The molecule has 5 aromatic rings. The van der Waals surface area contributed by atoms with E-state index >= 15 is 0 Å². The van der Waals surface area contributed by atoms with Crippen LogP contribution in [0.3, 0.4) is 0 Å². The van der Waals surface area contributed by atoms with Crippen LogP contribution >= 0.6 is 11.6 Å². The van der Waals surface area contributed by atoms with E-state index in [0.717, 1.165) is 0 Å². The molecule has 0 atom stereocenters. The van der Waals surface area contributed by atoms with E-state index in [0.29, 0.717) is 45.1 Å². The summed E-state index contributed by atoms with van der Waals surface area (Å²) in [5.41, 5.74) is 1.75. The fourth-order valence-electron chi connectivity index (χ4n) is 3.11. The molecule has 1 amide bonds. The van der Waals surface area contributed by atoms with Crippen molar-refractivity contribution in [2.24, 2.45) is 0 Å². The van der Waals surface area contributed by atoms with Crippen molar-refractivity contribution in [3.63, 3.8) is 0 Å². The highest BCUT2D eigenvalue weighted by molar-refractivity contribution is 6.33. The Morgan fingerprint density at radius 3 is 2.88 bits per heavy atom. The Morgan fingerprint density at radius 1 is 1.19 bits per heavy atom. The summed E-state index contributed by atoms with van der Waals surface area (Å²) in [6.45, 7) is 0.0736. The maximum absolute atomic E-state index is 12.3. The number of hydrogen-bond donors (Lipinski definition) is 2. The maximum Gasteiger partial charge on any atom is 0.247 e. The monoisotopic (exact) mass is 446 g/mol. The molecule has 0 unspecified atom stereocenters. The van der Waals surface area contributed by atoms with Gasteiger partial charge in [0.05, 0.1) is 5.02 Å². The summed E-state index contributed by atoms with van der Waals surface area (Å²) < 4.78 is 7.62. The highest BCUT2D eigenvalue weighted by atomic mass is 35.5. The van der Waals surface area contributed by atoms with E-state index in [1.807, 2.05) is 18.2 Å². The molecular weight excluding hydrogens is 432 g/mol. The lowest BCUT2D eigenvalue weighted by atomic mass is 10.1. The molecule has 10 nitrogen and oxygen atoms in total. The van der Waals surface area contributed by atoms with Crippen molar-refractivity contribution in [1.29, 1.82) is 0 Å². The molecule has 0 fully saturated rings. The van der Waals surface area contributed by atoms with Crippen molar-refractivity contribution in [3.05, 3.63) is 72.4 Å². The molecule has 0 aliphatic heterocycles. The van der Waals surface area contributed by atoms with Crippen molar-refractivity contribution in [3.8, 4) is 34.3 Å². The molecule has 1 aromatic carbocycles. The van der Waals surface area contributed by atoms with Crippen LogP contribution in [0.5, 0.6) is 0 Å². The number of halogens is 1. The lowest BCUT2D eigenvalue weighted by Gasteiger charge is -2.05. The van der Waals surface area contributed by atoms with Crippen LogP contribution in [0.1, 0.15) is 0 Å². The second kappa shape index (κ2) is 8.44. The smallest absolute Gasteiger partial charge is 0.247 e. The third kappa shape index (κ3) is 3.98. The molecule has 0 aliphatic rings. The molecule has 0 saturated heterocycles. The molecule has 0 spiro atoms. The summed E-state index contributed by atoms with van der Waals surface area (Å²) in [5, 5.41) is 15.2. The second-order valence-corrected chi connectivity index (χ2v) is 7.10. The zero-order valence-corrected chi connectivity index (χ0v) is 17.2. The van der Waals surface area contributed by atoms with Crippen LogP contribution in [-0.2, 0) is 11.3 Å². The number of aromatic nitrogens is 7. The minimum atomic E-state index is -0.259. The lowest BCUT2D eigenvalue weighted by Crippen LogP contribution is -2.19.